The van der Waals surface area contributed by atoms with Crippen molar-refractivity contribution in [1.82, 2.24) is 5.32 Å². The lowest BCUT2D eigenvalue weighted by Gasteiger charge is -2.09. The molecule has 0 unspecified atom stereocenters. The van der Waals surface area contributed by atoms with Crippen LogP contribution in [0, 0.1) is 5.92 Å². The number of nitrogens with one attached hydrogen (secondary N) is 1. The predicted octanol–water partition coefficient (Wildman–Crippen LogP) is 0.293. The molecule has 1 amide bonds. The summed E-state index contributed by atoms with van der Waals surface area (Å²) in [6, 6.07) is 0. The van der Waals surface area contributed by atoms with Crippen molar-refractivity contribution in [3.05, 3.63) is 0 Å². The Morgan fingerprint density at radius 1 is 1.77 bits per heavy atom. The second-order valence-electron chi connectivity index (χ2n) is 2.92. The molecule has 1 aliphatic heterocycles. The summed E-state index contributed by atoms with van der Waals surface area (Å²) in [6.07, 6.45) is 0.209. The predicted molar refractivity (Wildman–Crippen MR) is 47.4 cm³/mol. The molecule has 0 aromatic heterocycles. The average Bonchev–Trinajstić information content (AvgIpc) is 2.37. The number of carbonyl (C=O) groups excluding carboxylic acids is 2. The van der Waals surface area contributed by atoms with Crippen LogP contribution in [-0.2, 0) is 14.3 Å². The first kappa shape index (κ1) is 10.3. The summed E-state index contributed by atoms with van der Waals surface area (Å²) in [5.74, 6) is -0.626. The van der Waals surface area contributed by atoms with E-state index >= 15 is 0 Å². The van der Waals surface area contributed by atoms with Gasteiger partial charge in [-0.2, -0.15) is 0 Å². The van der Waals surface area contributed by atoms with Gasteiger partial charge in [0, 0.05) is 12.5 Å². The molecule has 1 N–H and O–H groups in total. The van der Waals surface area contributed by atoms with Gasteiger partial charge in [-0.25, -0.2) is 0 Å². The van der Waals surface area contributed by atoms with Crippen molar-refractivity contribution in [2.75, 3.05) is 13.2 Å². The standard InChI is InChI=1S/C8H12ClNO3/c1-2-13-6(11)3-5-4-10-8(12)7(5)9/h5,7H,2-4H2,1H3,(H,10,12)/t5-,7-/m1/s1. The lowest BCUT2D eigenvalue weighted by Crippen LogP contribution is -2.21. The van der Waals surface area contributed by atoms with Gasteiger partial charge >= 0.3 is 5.97 Å². The van der Waals surface area contributed by atoms with Crippen LogP contribution >= 0.6 is 11.6 Å². The molecule has 1 heterocycles. The monoisotopic (exact) mass is 205 g/mol. The summed E-state index contributed by atoms with van der Waals surface area (Å²) in [6.45, 7) is 2.57. The van der Waals surface area contributed by atoms with E-state index in [2.05, 4.69) is 5.32 Å². The molecule has 1 rings (SSSR count). The molecular formula is C8H12ClNO3. The zero-order chi connectivity index (χ0) is 9.84. The largest absolute Gasteiger partial charge is 0.466 e. The van der Waals surface area contributed by atoms with Gasteiger partial charge in [-0.15, -0.1) is 11.6 Å². The van der Waals surface area contributed by atoms with Crippen molar-refractivity contribution in [1.29, 1.82) is 0 Å². The quantitative estimate of drug-likeness (QED) is 0.533. The third-order valence-electron chi connectivity index (χ3n) is 1.94. The van der Waals surface area contributed by atoms with Gasteiger partial charge in [0.15, 0.2) is 0 Å². The van der Waals surface area contributed by atoms with Crippen LogP contribution in [0.3, 0.4) is 0 Å². The zero-order valence-electron chi connectivity index (χ0n) is 7.38. The molecular weight excluding hydrogens is 194 g/mol. The number of esters is 1. The molecule has 5 heteroatoms. The molecule has 74 valence electrons. The van der Waals surface area contributed by atoms with Crippen LogP contribution in [0.5, 0.6) is 0 Å². The number of alkyl halides is 1. The van der Waals surface area contributed by atoms with Crippen LogP contribution in [0.25, 0.3) is 0 Å². The minimum Gasteiger partial charge on any atom is -0.466 e. The van der Waals surface area contributed by atoms with Crippen LogP contribution in [0.4, 0.5) is 0 Å². The molecule has 13 heavy (non-hydrogen) atoms. The van der Waals surface area contributed by atoms with Crippen molar-refractivity contribution < 1.29 is 14.3 Å². The van der Waals surface area contributed by atoms with Gasteiger partial charge in [0.25, 0.3) is 0 Å². The van der Waals surface area contributed by atoms with Gasteiger partial charge in [0.05, 0.1) is 13.0 Å². The molecule has 1 fully saturated rings. The van der Waals surface area contributed by atoms with Gasteiger partial charge in [-0.3, -0.25) is 9.59 Å². The summed E-state index contributed by atoms with van der Waals surface area (Å²) >= 11 is 5.75. The number of ether oxygens (including phenoxy) is 1. The maximum atomic E-state index is 11.0. The molecule has 2 atom stereocenters. The number of hydrogen-bond acceptors (Lipinski definition) is 3. The highest BCUT2D eigenvalue weighted by Crippen LogP contribution is 2.20. The van der Waals surface area contributed by atoms with Crippen LogP contribution < -0.4 is 5.32 Å². The number of rotatable bonds is 3. The second kappa shape index (κ2) is 4.46. The SMILES string of the molecule is CCOC(=O)C[C@@H]1CNC(=O)[C@@H]1Cl. The molecule has 1 saturated heterocycles. The maximum absolute atomic E-state index is 11.0. The summed E-state index contributed by atoms with van der Waals surface area (Å²) < 4.78 is 4.75. The van der Waals surface area contributed by atoms with E-state index < -0.39 is 5.38 Å². The molecule has 1 aliphatic rings. The van der Waals surface area contributed by atoms with E-state index in [1.807, 2.05) is 0 Å². The van der Waals surface area contributed by atoms with Gasteiger partial charge in [-0.05, 0) is 6.92 Å². The van der Waals surface area contributed by atoms with Crippen LogP contribution in [0.15, 0.2) is 0 Å². The number of hydrogen-bond donors (Lipinski definition) is 1. The van der Waals surface area contributed by atoms with Crippen molar-refractivity contribution in [3.63, 3.8) is 0 Å². The van der Waals surface area contributed by atoms with Crippen LogP contribution in [0.1, 0.15) is 13.3 Å². The van der Waals surface area contributed by atoms with E-state index in [1.54, 1.807) is 6.92 Å². The molecule has 0 aromatic rings. The summed E-state index contributed by atoms with van der Waals surface area (Å²) in [7, 11) is 0. The van der Waals surface area contributed by atoms with Crippen molar-refractivity contribution in [2.24, 2.45) is 5.92 Å². The van der Waals surface area contributed by atoms with Crippen LogP contribution in [-0.4, -0.2) is 30.4 Å². The molecule has 4 nitrogen and oxygen atoms in total. The molecule has 0 saturated carbocycles. The molecule has 0 aromatic carbocycles. The highest BCUT2D eigenvalue weighted by molar-refractivity contribution is 6.31. The summed E-state index contributed by atoms with van der Waals surface area (Å²) in [4.78, 5) is 22.0. The highest BCUT2D eigenvalue weighted by Gasteiger charge is 2.34. The van der Waals surface area contributed by atoms with Gasteiger partial charge in [0.2, 0.25) is 5.91 Å². The first-order chi connectivity index (χ1) is 6.15. The fraction of sp³-hybridized carbons (Fsp3) is 0.750. The van der Waals surface area contributed by atoms with E-state index in [0.717, 1.165) is 0 Å². The second-order valence-corrected chi connectivity index (χ2v) is 3.39. The lowest BCUT2D eigenvalue weighted by molar-refractivity contribution is -0.144. The minimum atomic E-state index is -0.593. The molecule has 0 aliphatic carbocycles. The average molecular weight is 206 g/mol. The molecule has 0 bridgehead atoms. The van der Waals surface area contributed by atoms with Crippen molar-refractivity contribution in [2.45, 2.75) is 18.7 Å². The first-order valence-electron chi connectivity index (χ1n) is 4.22. The van der Waals surface area contributed by atoms with E-state index in [1.165, 1.54) is 0 Å². The Bertz CT molecular complexity index is 219. The fourth-order valence-corrected chi connectivity index (χ4v) is 1.51. The van der Waals surface area contributed by atoms with Crippen molar-refractivity contribution >= 4 is 23.5 Å². The van der Waals surface area contributed by atoms with E-state index in [9.17, 15) is 9.59 Å². The molecule has 0 spiro atoms. The third-order valence-corrected chi connectivity index (χ3v) is 2.49. The van der Waals surface area contributed by atoms with E-state index in [0.29, 0.717) is 13.2 Å². The third kappa shape index (κ3) is 2.59. The lowest BCUT2D eigenvalue weighted by atomic mass is 10.0. The summed E-state index contributed by atoms with van der Waals surface area (Å²) in [5, 5.41) is 2.00. The smallest absolute Gasteiger partial charge is 0.306 e. The fourth-order valence-electron chi connectivity index (χ4n) is 1.26. The Labute approximate surface area is 81.6 Å². The Balaban J connectivity index is 2.37. The first-order valence-corrected chi connectivity index (χ1v) is 4.66. The Morgan fingerprint density at radius 3 is 2.92 bits per heavy atom. The summed E-state index contributed by atoms with van der Waals surface area (Å²) in [5.41, 5.74) is 0. The molecule has 0 radical (unpaired) electrons. The van der Waals surface area contributed by atoms with Gasteiger partial charge in [-0.1, -0.05) is 0 Å². The number of carbonyl (C=O) groups is 2. The Hall–Kier alpha value is -0.770. The topological polar surface area (TPSA) is 55.4 Å². The number of halogens is 1. The van der Waals surface area contributed by atoms with Gasteiger partial charge in [0.1, 0.15) is 5.38 Å². The van der Waals surface area contributed by atoms with Crippen LogP contribution in [0.2, 0.25) is 0 Å². The maximum Gasteiger partial charge on any atom is 0.306 e. The van der Waals surface area contributed by atoms with E-state index in [4.69, 9.17) is 16.3 Å². The van der Waals surface area contributed by atoms with Gasteiger partial charge < -0.3 is 10.1 Å². The Morgan fingerprint density at radius 2 is 2.46 bits per heavy atom. The number of amides is 1. The Kier molecular flexibility index (Phi) is 3.54. The normalized spacial score (nSPS) is 27.1. The van der Waals surface area contributed by atoms with E-state index in [-0.39, 0.29) is 24.2 Å². The highest BCUT2D eigenvalue weighted by atomic mass is 35.5. The minimum absolute atomic E-state index is 0.131. The van der Waals surface area contributed by atoms with Crippen molar-refractivity contribution in [3.8, 4) is 0 Å². The zero-order valence-corrected chi connectivity index (χ0v) is 8.13.